The van der Waals surface area contributed by atoms with Crippen LogP contribution >= 0.6 is 15.9 Å². The lowest BCUT2D eigenvalue weighted by Gasteiger charge is -2.12. The normalized spacial score (nSPS) is 10.7. The Morgan fingerprint density at radius 3 is 2.75 bits per heavy atom. The molecule has 20 heavy (non-hydrogen) atoms. The van der Waals surface area contributed by atoms with Crippen LogP contribution in [0.25, 0.3) is 0 Å². The van der Waals surface area contributed by atoms with Crippen molar-refractivity contribution in [3.63, 3.8) is 0 Å². The Labute approximate surface area is 127 Å². The molecule has 2 aromatic carbocycles. The fourth-order valence-electron chi connectivity index (χ4n) is 1.83. The van der Waals surface area contributed by atoms with Crippen molar-refractivity contribution in [2.75, 3.05) is 5.32 Å². The van der Waals surface area contributed by atoms with Crippen LogP contribution in [0.2, 0.25) is 0 Å². The molecule has 106 valence electrons. The summed E-state index contributed by atoms with van der Waals surface area (Å²) < 4.78 is 19.7. The Morgan fingerprint density at radius 1 is 1.20 bits per heavy atom. The number of hydrogen-bond donors (Lipinski definition) is 1. The zero-order valence-electron chi connectivity index (χ0n) is 11.5. The van der Waals surface area contributed by atoms with Gasteiger partial charge in [-0.2, -0.15) is 0 Å². The molecule has 4 heteroatoms. The minimum Gasteiger partial charge on any atom is -0.491 e. The van der Waals surface area contributed by atoms with Gasteiger partial charge in [0.25, 0.3) is 0 Å². The van der Waals surface area contributed by atoms with Crippen LogP contribution in [0.1, 0.15) is 19.4 Å². The number of hydrogen-bond acceptors (Lipinski definition) is 2. The molecule has 0 radical (unpaired) electrons. The molecular weight excluding hydrogens is 321 g/mol. The van der Waals surface area contributed by atoms with Crippen LogP contribution < -0.4 is 10.1 Å². The van der Waals surface area contributed by atoms with Crippen molar-refractivity contribution >= 4 is 21.6 Å². The van der Waals surface area contributed by atoms with Crippen LogP contribution in [0, 0.1) is 5.82 Å². The SMILES string of the molecule is CC(C)Oc1cccc(CNc2cc(F)ccc2Br)c1. The minimum absolute atomic E-state index is 0.149. The van der Waals surface area contributed by atoms with Gasteiger partial charge in [-0.05, 0) is 65.7 Å². The van der Waals surface area contributed by atoms with Crippen LogP contribution in [-0.4, -0.2) is 6.10 Å². The van der Waals surface area contributed by atoms with Gasteiger partial charge in [-0.25, -0.2) is 4.39 Å². The van der Waals surface area contributed by atoms with E-state index >= 15 is 0 Å². The van der Waals surface area contributed by atoms with E-state index in [0.717, 1.165) is 21.5 Å². The predicted octanol–water partition coefficient (Wildman–Crippen LogP) is 4.99. The molecule has 0 fully saturated rings. The van der Waals surface area contributed by atoms with Crippen LogP contribution in [0.3, 0.4) is 0 Å². The Balaban J connectivity index is 2.05. The highest BCUT2D eigenvalue weighted by Crippen LogP contribution is 2.24. The Kier molecular flexibility index (Phi) is 5.01. The topological polar surface area (TPSA) is 21.3 Å². The largest absolute Gasteiger partial charge is 0.491 e. The van der Waals surface area contributed by atoms with Gasteiger partial charge in [0.2, 0.25) is 0 Å². The third kappa shape index (κ3) is 4.23. The molecule has 0 atom stereocenters. The Bertz CT molecular complexity index is 586. The van der Waals surface area contributed by atoms with E-state index in [-0.39, 0.29) is 11.9 Å². The lowest BCUT2D eigenvalue weighted by Crippen LogP contribution is -2.06. The van der Waals surface area contributed by atoms with Gasteiger partial charge in [-0.3, -0.25) is 0 Å². The molecule has 0 unspecified atom stereocenters. The molecule has 0 amide bonds. The monoisotopic (exact) mass is 337 g/mol. The van der Waals surface area contributed by atoms with Crippen LogP contribution in [-0.2, 0) is 6.54 Å². The maximum atomic E-state index is 13.2. The standard InChI is InChI=1S/C16H17BrFNO/c1-11(2)20-14-5-3-4-12(8-14)10-19-16-9-13(18)6-7-15(16)17/h3-9,11,19H,10H2,1-2H3. The summed E-state index contributed by atoms with van der Waals surface area (Å²) in [6.07, 6.45) is 0.149. The van der Waals surface area contributed by atoms with Gasteiger partial charge in [0, 0.05) is 11.0 Å². The molecule has 2 aromatic rings. The van der Waals surface area contributed by atoms with Gasteiger partial charge in [0.1, 0.15) is 11.6 Å². The van der Waals surface area contributed by atoms with Crippen molar-refractivity contribution in [1.29, 1.82) is 0 Å². The van der Waals surface area contributed by atoms with Crippen molar-refractivity contribution < 1.29 is 9.13 Å². The number of halogens is 2. The average molecular weight is 338 g/mol. The molecule has 0 aliphatic carbocycles. The number of benzene rings is 2. The van der Waals surface area contributed by atoms with Crippen molar-refractivity contribution in [3.8, 4) is 5.75 Å². The first-order chi connectivity index (χ1) is 9.54. The lowest BCUT2D eigenvalue weighted by atomic mass is 10.2. The summed E-state index contributed by atoms with van der Waals surface area (Å²) >= 11 is 3.40. The summed E-state index contributed by atoms with van der Waals surface area (Å²) in [6.45, 7) is 4.60. The van der Waals surface area contributed by atoms with E-state index in [1.54, 1.807) is 6.07 Å². The second kappa shape index (κ2) is 6.75. The van der Waals surface area contributed by atoms with Crippen LogP contribution in [0.4, 0.5) is 10.1 Å². The van der Waals surface area contributed by atoms with Crippen LogP contribution in [0.15, 0.2) is 46.9 Å². The number of ether oxygens (including phenoxy) is 1. The average Bonchev–Trinajstić information content (AvgIpc) is 2.39. The lowest BCUT2D eigenvalue weighted by molar-refractivity contribution is 0.242. The summed E-state index contributed by atoms with van der Waals surface area (Å²) in [5, 5.41) is 3.21. The summed E-state index contributed by atoms with van der Waals surface area (Å²) in [6, 6.07) is 12.5. The smallest absolute Gasteiger partial charge is 0.125 e. The molecule has 0 bridgehead atoms. The summed E-state index contributed by atoms with van der Waals surface area (Å²) in [5.74, 6) is 0.588. The molecule has 0 aliphatic rings. The first-order valence-corrected chi connectivity index (χ1v) is 7.28. The van der Waals surface area contributed by atoms with E-state index in [1.165, 1.54) is 12.1 Å². The van der Waals surface area contributed by atoms with Crippen molar-refractivity contribution in [2.24, 2.45) is 0 Å². The van der Waals surface area contributed by atoms with Gasteiger partial charge in [0.05, 0.1) is 11.8 Å². The molecular formula is C16H17BrFNO. The molecule has 1 N–H and O–H groups in total. The Hall–Kier alpha value is -1.55. The van der Waals surface area contributed by atoms with Gasteiger partial charge in [-0.1, -0.05) is 12.1 Å². The molecule has 0 saturated heterocycles. The second-order valence-corrected chi connectivity index (χ2v) is 5.65. The van der Waals surface area contributed by atoms with E-state index in [9.17, 15) is 4.39 Å². The van der Waals surface area contributed by atoms with Crippen molar-refractivity contribution in [2.45, 2.75) is 26.5 Å². The zero-order valence-corrected chi connectivity index (χ0v) is 13.1. The second-order valence-electron chi connectivity index (χ2n) is 4.79. The summed E-state index contributed by atoms with van der Waals surface area (Å²) in [5.41, 5.74) is 1.82. The Morgan fingerprint density at radius 2 is 2.00 bits per heavy atom. The zero-order chi connectivity index (χ0) is 14.5. The van der Waals surface area contributed by atoms with Crippen molar-refractivity contribution in [1.82, 2.24) is 0 Å². The first-order valence-electron chi connectivity index (χ1n) is 6.49. The van der Waals surface area contributed by atoms with Gasteiger partial charge in [0.15, 0.2) is 0 Å². The van der Waals surface area contributed by atoms with Crippen LogP contribution in [0.5, 0.6) is 5.75 Å². The first kappa shape index (κ1) is 14.9. The van der Waals surface area contributed by atoms with E-state index in [4.69, 9.17) is 4.74 Å². The number of rotatable bonds is 5. The van der Waals surface area contributed by atoms with Gasteiger partial charge >= 0.3 is 0 Å². The van der Waals surface area contributed by atoms with Gasteiger partial charge < -0.3 is 10.1 Å². The molecule has 0 heterocycles. The fraction of sp³-hybridized carbons (Fsp3) is 0.250. The summed E-state index contributed by atoms with van der Waals surface area (Å²) in [7, 11) is 0. The molecule has 0 saturated carbocycles. The molecule has 0 aliphatic heterocycles. The maximum absolute atomic E-state index is 13.2. The molecule has 2 rings (SSSR count). The molecule has 0 spiro atoms. The summed E-state index contributed by atoms with van der Waals surface area (Å²) in [4.78, 5) is 0. The van der Waals surface area contributed by atoms with E-state index in [0.29, 0.717) is 6.54 Å². The van der Waals surface area contributed by atoms with E-state index in [1.807, 2.05) is 38.1 Å². The number of anilines is 1. The van der Waals surface area contributed by atoms with Crippen molar-refractivity contribution in [3.05, 3.63) is 58.3 Å². The van der Waals surface area contributed by atoms with Gasteiger partial charge in [-0.15, -0.1) is 0 Å². The number of nitrogens with one attached hydrogen (secondary N) is 1. The molecule has 2 nitrogen and oxygen atoms in total. The maximum Gasteiger partial charge on any atom is 0.125 e. The predicted molar refractivity (Wildman–Crippen MR) is 83.6 cm³/mol. The highest BCUT2D eigenvalue weighted by atomic mass is 79.9. The molecule has 0 aromatic heterocycles. The fourth-order valence-corrected chi connectivity index (χ4v) is 2.22. The highest BCUT2D eigenvalue weighted by molar-refractivity contribution is 9.10. The van der Waals surface area contributed by atoms with E-state index in [2.05, 4.69) is 21.2 Å². The van der Waals surface area contributed by atoms with E-state index < -0.39 is 0 Å². The third-order valence-corrected chi connectivity index (χ3v) is 3.37. The minimum atomic E-state index is -0.257. The quantitative estimate of drug-likeness (QED) is 0.829. The third-order valence-electron chi connectivity index (χ3n) is 2.68. The highest BCUT2D eigenvalue weighted by Gasteiger charge is 2.03.